The second kappa shape index (κ2) is 5.75. The highest BCUT2D eigenvalue weighted by Gasteiger charge is 2.31. The molecular formula is C17H20N4O2S. The molecule has 3 heterocycles. The maximum absolute atomic E-state index is 12.4. The number of para-hydroxylation sites is 1. The molecule has 4 rings (SSSR count). The molecule has 1 aromatic carbocycles. The molecular weight excluding hydrogens is 324 g/mol. The highest BCUT2D eigenvalue weighted by atomic mass is 32.2. The van der Waals surface area contributed by atoms with Crippen LogP contribution in [0.1, 0.15) is 24.6 Å². The van der Waals surface area contributed by atoms with E-state index >= 15 is 0 Å². The Morgan fingerprint density at radius 1 is 1.25 bits per heavy atom. The number of nitrogens with zero attached hydrogens (tertiary/aromatic N) is 3. The predicted molar refractivity (Wildman–Crippen MR) is 93.6 cm³/mol. The summed E-state index contributed by atoms with van der Waals surface area (Å²) in [5.41, 5.74) is 1.87. The van der Waals surface area contributed by atoms with Gasteiger partial charge >= 0.3 is 0 Å². The minimum Gasteiger partial charge on any atom is -0.353 e. The number of likely N-dealkylation sites (tertiary alicyclic amines) is 1. The maximum Gasteiger partial charge on any atom is 0.286 e. The molecule has 1 saturated heterocycles. The van der Waals surface area contributed by atoms with E-state index < -0.39 is 10.0 Å². The third kappa shape index (κ3) is 2.63. The maximum atomic E-state index is 12.4. The number of rotatable bonds is 3. The first-order valence-corrected chi connectivity index (χ1v) is 9.54. The van der Waals surface area contributed by atoms with Crippen LogP contribution in [0.25, 0.3) is 0 Å². The molecule has 0 amide bonds. The Kier molecular flexibility index (Phi) is 3.69. The van der Waals surface area contributed by atoms with Crippen molar-refractivity contribution < 1.29 is 8.42 Å². The van der Waals surface area contributed by atoms with Crippen molar-refractivity contribution in [2.75, 3.05) is 18.4 Å². The number of amidine groups is 1. The molecule has 2 aliphatic heterocycles. The highest BCUT2D eigenvalue weighted by molar-refractivity contribution is 7.90. The SMILES string of the molecule is Cn1cccc1C1CCCN1CC1=NS(=O)(=O)c2ccccc2N1. The monoisotopic (exact) mass is 344 g/mol. The van der Waals surface area contributed by atoms with Crippen molar-refractivity contribution in [3.63, 3.8) is 0 Å². The molecule has 24 heavy (non-hydrogen) atoms. The molecule has 2 aromatic rings. The second-order valence-corrected chi connectivity index (χ2v) is 7.88. The van der Waals surface area contributed by atoms with Crippen molar-refractivity contribution in [2.45, 2.75) is 23.8 Å². The van der Waals surface area contributed by atoms with Crippen molar-refractivity contribution in [3.05, 3.63) is 48.3 Å². The quantitative estimate of drug-likeness (QED) is 0.928. The third-order valence-corrected chi connectivity index (χ3v) is 6.09. The molecule has 0 radical (unpaired) electrons. The van der Waals surface area contributed by atoms with Gasteiger partial charge in [0.1, 0.15) is 10.7 Å². The number of benzene rings is 1. The number of aryl methyl sites for hydroxylation is 1. The van der Waals surface area contributed by atoms with Gasteiger partial charge in [-0.05, 0) is 43.7 Å². The van der Waals surface area contributed by atoms with Crippen molar-refractivity contribution in [1.82, 2.24) is 9.47 Å². The van der Waals surface area contributed by atoms with E-state index in [1.165, 1.54) is 5.69 Å². The fraction of sp³-hybridized carbons (Fsp3) is 0.353. The molecule has 1 N–H and O–H groups in total. The van der Waals surface area contributed by atoms with Crippen LogP contribution in [0.5, 0.6) is 0 Å². The summed E-state index contributed by atoms with van der Waals surface area (Å²) in [7, 11) is -1.57. The highest BCUT2D eigenvalue weighted by Crippen LogP contribution is 2.33. The molecule has 1 fully saturated rings. The summed E-state index contributed by atoms with van der Waals surface area (Å²) in [5.74, 6) is 0.495. The Morgan fingerprint density at radius 2 is 2.08 bits per heavy atom. The van der Waals surface area contributed by atoms with Gasteiger partial charge in [-0.3, -0.25) is 4.90 Å². The lowest BCUT2D eigenvalue weighted by Crippen LogP contribution is -2.35. The number of anilines is 1. The number of hydrogen-bond acceptors (Lipinski definition) is 4. The van der Waals surface area contributed by atoms with Crippen LogP contribution in [-0.4, -0.2) is 36.8 Å². The van der Waals surface area contributed by atoms with Crippen LogP contribution >= 0.6 is 0 Å². The summed E-state index contributed by atoms with van der Waals surface area (Å²) in [4.78, 5) is 2.54. The van der Waals surface area contributed by atoms with E-state index in [4.69, 9.17) is 0 Å². The molecule has 0 aliphatic carbocycles. The van der Waals surface area contributed by atoms with Crippen LogP contribution in [-0.2, 0) is 17.1 Å². The normalized spacial score (nSPS) is 22.7. The Morgan fingerprint density at radius 3 is 2.88 bits per heavy atom. The van der Waals surface area contributed by atoms with Crippen molar-refractivity contribution in [3.8, 4) is 0 Å². The fourth-order valence-electron chi connectivity index (χ4n) is 3.60. The Bertz CT molecular complexity index is 901. The number of fused-ring (bicyclic) bond motifs is 1. The number of aromatic nitrogens is 1. The van der Waals surface area contributed by atoms with Crippen molar-refractivity contribution >= 4 is 21.5 Å². The van der Waals surface area contributed by atoms with Gasteiger partial charge < -0.3 is 9.88 Å². The van der Waals surface area contributed by atoms with E-state index in [2.05, 4.69) is 25.2 Å². The summed E-state index contributed by atoms with van der Waals surface area (Å²) in [6, 6.07) is 11.4. The van der Waals surface area contributed by atoms with Gasteiger partial charge in [0, 0.05) is 18.9 Å². The largest absolute Gasteiger partial charge is 0.353 e. The zero-order valence-electron chi connectivity index (χ0n) is 13.5. The Labute approximate surface area is 141 Å². The van der Waals surface area contributed by atoms with E-state index in [0.29, 0.717) is 24.1 Å². The molecule has 0 spiro atoms. The van der Waals surface area contributed by atoms with Crippen molar-refractivity contribution in [1.29, 1.82) is 0 Å². The molecule has 0 bridgehead atoms. The third-order valence-electron chi connectivity index (χ3n) is 4.72. The van der Waals surface area contributed by atoms with Crippen LogP contribution in [0.4, 0.5) is 5.69 Å². The summed E-state index contributed by atoms with van der Waals surface area (Å²) < 4.78 is 30.9. The molecule has 1 atom stereocenters. The summed E-state index contributed by atoms with van der Waals surface area (Å²) >= 11 is 0. The first-order chi connectivity index (χ1) is 11.5. The average Bonchev–Trinajstić information content (AvgIpc) is 3.15. The number of hydrogen-bond donors (Lipinski definition) is 1. The predicted octanol–water partition coefficient (Wildman–Crippen LogP) is 2.37. The average molecular weight is 344 g/mol. The first-order valence-electron chi connectivity index (χ1n) is 8.10. The molecule has 1 unspecified atom stereocenters. The fourth-order valence-corrected chi connectivity index (χ4v) is 4.74. The van der Waals surface area contributed by atoms with Crippen LogP contribution in [0, 0.1) is 0 Å². The number of nitrogens with one attached hydrogen (secondary N) is 1. The molecule has 126 valence electrons. The van der Waals surface area contributed by atoms with Crippen molar-refractivity contribution in [2.24, 2.45) is 11.4 Å². The van der Waals surface area contributed by atoms with E-state index in [9.17, 15) is 8.42 Å². The van der Waals surface area contributed by atoms with Gasteiger partial charge in [0.25, 0.3) is 10.0 Å². The molecule has 0 saturated carbocycles. The van der Waals surface area contributed by atoms with Crippen LogP contribution in [0.2, 0.25) is 0 Å². The van der Waals surface area contributed by atoms with E-state index in [1.54, 1.807) is 18.2 Å². The van der Waals surface area contributed by atoms with Gasteiger partial charge in [0.2, 0.25) is 0 Å². The van der Waals surface area contributed by atoms with Gasteiger partial charge in [-0.25, -0.2) is 0 Å². The lowest BCUT2D eigenvalue weighted by Gasteiger charge is -2.27. The molecule has 7 heteroatoms. The van der Waals surface area contributed by atoms with E-state index in [0.717, 1.165) is 19.4 Å². The van der Waals surface area contributed by atoms with Gasteiger partial charge in [-0.2, -0.15) is 8.42 Å². The summed E-state index contributed by atoms with van der Waals surface area (Å²) in [6.07, 6.45) is 4.23. The lowest BCUT2D eigenvalue weighted by molar-refractivity contribution is 0.285. The van der Waals surface area contributed by atoms with Crippen LogP contribution < -0.4 is 5.32 Å². The van der Waals surface area contributed by atoms with Gasteiger partial charge in [-0.15, -0.1) is 4.40 Å². The Hall–Kier alpha value is -2.12. The molecule has 2 aliphatic rings. The zero-order valence-corrected chi connectivity index (χ0v) is 14.3. The van der Waals surface area contributed by atoms with Gasteiger partial charge in [-0.1, -0.05) is 12.1 Å². The minimum atomic E-state index is -3.62. The van der Waals surface area contributed by atoms with E-state index in [1.807, 2.05) is 25.4 Å². The zero-order chi connectivity index (χ0) is 16.7. The second-order valence-electron chi connectivity index (χ2n) is 6.31. The molecule has 6 nitrogen and oxygen atoms in total. The van der Waals surface area contributed by atoms with Crippen LogP contribution in [0.15, 0.2) is 51.9 Å². The summed E-state index contributed by atoms with van der Waals surface area (Å²) in [5, 5.41) is 3.18. The van der Waals surface area contributed by atoms with E-state index in [-0.39, 0.29) is 4.90 Å². The topological polar surface area (TPSA) is 66.7 Å². The Balaban J connectivity index is 1.60. The standard InChI is InChI=1S/C17H20N4O2S/c1-20-10-4-7-14(20)15-8-5-11-21(15)12-17-18-13-6-2-3-9-16(13)24(22,23)19-17/h2-4,6-7,9-10,15H,5,8,11-12H2,1H3,(H,18,19). The lowest BCUT2D eigenvalue weighted by atomic mass is 10.1. The number of sulfonamides is 1. The summed E-state index contributed by atoms with van der Waals surface area (Å²) in [6.45, 7) is 1.45. The van der Waals surface area contributed by atoms with Gasteiger partial charge in [0.15, 0.2) is 0 Å². The molecule has 1 aromatic heterocycles. The smallest absolute Gasteiger partial charge is 0.286 e. The first kappa shape index (κ1) is 15.4. The van der Waals surface area contributed by atoms with Gasteiger partial charge in [0.05, 0.1) is 18.3 Å². The minimum absolute atomic E-state index is 0.245. The van der Waals surface area contributed by atoms with Crippen LogP contribution in [0.3, 0.4) is 0 Å².